The van der Waals surface area contributed by atoms with Crippen LogP contribution in [0, 0.1) is 11.8 Å². The van der Waals surface area contributed by atoms with Gasteiger partial charge >= 0.3 is 6.09 Å². The van der Waals surface area contributed by atoms with Gasteiger partial charge in [-0.25, -0.2) is 4.79 Å². The zero-order valence-electron chi connectivity index (χ0n) is 15.9. The largest absolute Gasteiger partial charge is 0.444 e. The summed E-state index contributed by atoms with van der Waals surface area (Å²) < 4.78 is 5.37. The van der Waals surface area contributed by atoms with Crippen LogP contribution in [0.5, 0.6) is 0 Å². The highest BCUT2D eigenvalue weighted by molar-refractivity contribution is 5.67. The molecule has 0 spiro atoms. The van der Waals surface area contributed by atoms with Gasteiger partial charge in [0.2, 0.25) is 0 Å². The molecule has 1 amide bonds. The number of hydrogen-bond donors (Lipinski definition) is 2. The van der Waals surface area contributed by atoms with E-state index in [-0.39, 0.29) is 6.09 Å². The fraction of sp³-hybridized carbons (Fsp3) is 0.947. The van der Waals surface area contributed by atoms with Gasteiger partial charge in [0.15, 0.2) is 0 Å². The lowest BCUT2D eigenvalue weighted by atomic mass is 9.83. The fourth-order valence-electron chi connectivity index (χ4n) is 3.34. The molecular formula is C19H38N2O2. The van der Waals surface area contributed by atoms with Crippen molar-refractivity contribution >= 4 is 6.09 Å². The lowest BCUT2D eigenvalue weighted by Crippen LogP contribution is -2.48. The van der Waals surface area contributed by atoms with Crippen molar-refractivity contribution in [2.75, 3.05) is 13.1 Å². The SMILES string of the molecule is CCC(CC)CNC(CNC(=O)OC(C)(C)C)C1CCCCC1. The van der Waals surface area contributed by atoms with Gasteiger partial charge < -0.3 is 15.4 Å². The standard InChI is InChI=1S/C19H38N2O2/c1-6-15(7-2)13-20-17(16-11-9-8-10-12-16)14-21-18(22)23-19(3,4)5/h15-17,20H,6-14H2,1-5H3,(H,21,22). The van der Waals surface area contributed by atoms with Gasteiger partial charge in [0.1, 0.15) is 5.60 Å². The van der Waals surface area contributed by atoms with Crippen molar-refractivity contribution in [3.8, 4) is 0 Å². The van der Waals surface area contributed by atoms with Crippen LogP contribution in [0.3, 0.4) is 0 Å². The van der Waals surface area contributed by atoms with E-state index in [1.807, 2.05) is 20.8 Å². The van der Waals surface area contributed by atoms with Gasteiger partial charge in [0.25, 0.3) is 0 Å². The quantitative estimate of drug-likeness (QED) is 0.691. The van der Waals surface area contributed by atoms with Crippen LogP contribution >= 0.6 is 0 Å². The van der Waals surface area contributed by atoms with Gasteiger partial charge in [0.05, 0.1) is 0 Å². The van der Waals surface area contributed by atoms with Crippen molar-refractivity contribution in [3.63, 3.8) is 0 Å². The zero-order valence-corrected chi connectivity index (χ0v) is 15.9. The van der Waals surface area contributed by atoms with Crippen LogP contribution in [-0.2, 0) is 4.74 Å². The molecular weight excluding hydrogens is 288 g/mol. The Morgan fingerprint density at radius 1 is 1.09 bits per heavy atom. The Bertz CT molecular complexity index is 329. The molecule has 1 atom stereocenters. The molecule has 1 aliphatic carbocycles. The summed E-state index contributed by atoms with van der Waals surface area (Å²) in [6.45, 7) is 11.9. The van der Waals surface area contributed by atoms with Crippen molar-refractivity contribution in [1.82, 2.24) is 10.6 Å². The molecule has 4 nitrogen and oxygen atoms in total. The molecule has 1 rings (SSSR count). The molecule has 1 saturated carbocycles. The summed E-state index contributed by atoms with van der Waals surface area (Å²) >= 11 is 0. The highest BCUT2D eigenvalue weighted by atomic mass is 16.6. The smallest absolute Gasteiger partial charge is 0.407 e. The summed E-state index contributed by atoms with van der Waals surface area (Å²) in [6.07, 6.45) is 8.66. The number of rotatable bonds is 8. The lowest BCUT2D eigenvalue weighted by molar-refractivity contribution is 0.0515. The maximum atomic E-state index is 11.9. The second-order valence-corrected chi connectivity index (χ2v) is 7.98. The maximum absolute atomic E-state index is 11.9. The Morgan fingerprint density at radius 2 is 1.70 bits per heavy atom. The summed E-state index contributed by atoms with van der Waals surface area (Å²) in [5.74, 6) is 1.40. The second kappa shape index (κ2) is 10.2. The minimum Gasteiger partial charge on any atom is -0.444 e. The van der Waals surface area contributed by atoms with Gasteiger partial charge in [-0.05, 0) is 52.0 Å². The molecule has 4 heteroatoms. The molecule has 136 valence electrons. The Hall–Kier alpha value is -0.770. The van der Waals surface area contributed by atoms with E-state index in [1.54, 1.807) is 0 Å². The van der Waals surface area contributed by atoms with Crippen molar-refractivity contribution in [2.24, 2.45) is 11.8 Å². The van der Waals surface area contributed by atoms with E-state index in [9.17, 15) is 4.79 Å². The molecule has 2 N–H and O–H groups in total. The predicted octanol–water partition coefficient (Wildman–Crippen LogP) is 4.49. The first-order valence-electron chi connectivity index (χ1n) is 9.56. The van der Waals surface area contributed by atoms with Crippen LogP contribution in [0.15, 0.2) is 0 Å². The summed E-state index contributed by atoms with van der Waals surface area (Å²) in [7, 11) is 0. The van der Waals surface area contributed by atoms with Crippen LogP contribution in [0.1, 0.15) is 79.6 Å². The van der Waals surface area contributed by atoms with Crippen molar-refractivity contribution in [1.29, 1.82) is 0 Å². The number of carbonyl (C=O) groups is 1. The average molecular weight is 327 g/mol. The Labute approximate surface area is 143 Å². The second-order valence-electron chi connectivity index (χ2n) is 7.98. The lowest BCUT2D eigenvalue weighted by Gasteiger charge is -2.32. The highest BCUT2D eigenvalue weighted by Gasteiger charge is 2.25. The number of alkyl carbamates (subject to hydrolysis) is 1. The maximum Gasteiger partial charge on any atom is 0.407 e. The molecule has 1 fully saturated rings. The molecule has 0 saturated heterocycles. The van der Waals surface area contributed by atoms with Crippen molar-refractivity contribution in [2.45, 2.75) is 91.2 Å². The Kier molecular flexibility index (Phi) is 8.96. The van der Waals surface area contributed by atoms with Gasteiger partial charge in [-0.15, -0.1) is 0 Å². The van der Waals surface area contributed by atoms with Gasteiger partial charge in [0, 0.05) is 12.6 Å². The monoisotopic (exact) mass is 326 g/mol. The van der Waals surface area contributed by atoms with Crippen LogP contribution in [-0.4, -0.2) is 30.8 Å². The van der Waals surface area contributed by atoms with E-state index >= 15 is 0 Å². The van der Waals surface area contributed by atoms with Crippen molar-refractivity contribution in [3.05, 3.63) is 0 Å². The first kappa shape index (κ1) is 20.3. The van der Waals surface area contributed by atoms with Crippen LogP contribution in [0.25, 0.3) is 0 Å². The fourth-order valence-corrected chi connectivity index (χ4v) is 3.34. The molecule has 0 aliphatic heterocycles. The summed E-state index contributed by atoms with van der Waals surface area (Å²) in [4.78, 5) is 11.9. The Morgan fingerprint density at radius 3 is 2.22 bits per heavy atom. The van der Waals surface area contributed by atoms with E-state index in [0.29, 0.717) is 18.5 Å². The third-order valence-corrected chi connectivity index (χ3v) is 4.91. The number of ether oxygens (including phenoxy) is 1. The summed E-state index contributed by atoms with van der Waals surface area (Å²) in [5.41, 5.74) is -0.437. The number of nitrogens with one attached hydrogen (secondary N) is 2. The van der Waals surface area contributed by atoms with Crippen LogP contribution in [0.4, 0.5) is 4.79 Å². The third kappa shape index (κ3) is 8.59. The predicted molar refractivity (Wildman–Crippen MR) is 96.7 cm³/mol. The molecule has 1 aliphatic rings. The topological polar surface area (TPSA) is 50.4 Å². The molecule has 23 heavy (non-hydrogen) atoms. The van der Waals surface area contributed by atoms with Crippen molar-refractivity contribution < 1.29 is 9.53 Å². The molecule has 0 aromatic rings. The minimum atomic E-state index is -0.437. The molecule has 1 unspecified atom stereocenters. The average Bonchev–Trinajstić information content (AvgIpc) is 2.50. The van der Waals surface area contributed by atoms with E-state index in [1.165, 1.54) is 44.9 Å². The first-order valence-corrected chi connectivity index (χ1v) is 9.56. The van der Waals surface area contributed by atoms with Crippen LogP contribution < -0.4 is 10.6 Å². The summed E-state index contributed by atoms with van der Waals surface area (Å²) in [6, 6.07) is 0.364. The number of amides is 1. The summed E-state index contributed by atoms with van der Waals surface area (Å²) in [5, 5.41) is 6.71. The minimum absolute atomic E-state index is 0.303. The van der Waals surface area contributed by atoms with Gasteiger partial charge in [-0.1, -0.05) is 46.0 Å². The zero-order chi connectivity index (χ0) is 17.3. The first-order chi connectivity index (χ1) is 10.9. The Balaban J connectivity index is 2.51. The van der Waals surface area contributed by atoms with E-state index < -0.39 is 5.60 Å². The molecule has 0 bridgehead atoms. The van der Waals surface area contributed by atoms with Gasteiger partial charge in [-0.3, -0.25) is 0 Å². The number of carbonyl (C=O) groups excluding carboxylic acids is 1. The normalized spacial score (nSPS) is 18.0. The van der Waals surface area contributed by atoms with Crippen LogP contribution in [0.2, 0.25) is 0 Å². The van der Waals surface area contributed by atoms with Gasteiger partial charge in [-0.2, -0.15) is 0 Å². The highest BCUT2D eigenvalue weighted by Crippen LogP contribution is 2.26. The van der Waals surface area contributed by atoms with E-state index in [4.69, 9.17) is 4.74 Å². The molecule has 0 heterocycles. The third-order valence-electron chi connectivity index (χ3n) is 4.91. The molecule has 0 aromatic heterocycles. The number of hydrogen-bond acceptors (Lipinski definition) is 3. The molecule has 0 radical (unpaired) electrons. The van der Waals surface area contributed by atoms with E-state index in [2.05, 4.69) is 24.5 Å². The van der Waals surface area contributed by atoms with E-state index in [0.717, 1.165) is 12.5 Å². The molecule has 0 aromatic carbocycles.